The maximum absolute atomic E-state index is 10.9. The summed E-state index contributed by atoms with van der Waals surface area (Å²) in [7, 11) is 0. The van der Waals surface area contributed by atoms with E-state index < -0.39 is 4.92 Å². The zero-order valence-corrected chi connectivity index (χ0v) is 9.13. The lowest BCUT2D eigenvalue weighted by Crippen LogP contribution is -1.90. The van der Waals surface area contributed by atoms with Crippen LogP contribution in [-0.2, 0) is 0 Å². The van der Waals surface area contributed by atoms with E-state index in [9.17, 15) is 10.1 Å². The highest BCUT2D eigenvalue weighted by Gasteiger charge is 2.18. The molecule has 2 heterocycles. The monoisotopic (exact) mass is 248 g/mol. The molecule has 0 spiro atoms. The molecule has 1 aromatic carbocycles. The van der Waals surface area contributed by atoms with Gasteiger partial charge in [-0.05, 0) is 12.1 Å². The zero-order chi connectivity index (χ0) is 12.0. The fourth-order valence-electron chi connectivity index (χ4n) is 1.75. The molecular formula is C10H5ClN4O2. The van der Waals surface area contributed by atoms with Crippen molar-refractivity contribution in [3.05, 3.63) is 45.7 Å². The standard InChI is InChI=1S/C10H5ClN4O2/c11-8-4-5-14-10(12-8)9-6(13-14)2-1-3-7(9)15(16)17/h1-5H. The average molecular weight is 249 g/mol. The minimum Gasteiger partial charge on any atom is -0.258 e. The maximum Gasteiger partial charge on any atom is 0.282 e. The molecule has 0 aliphatic rings. The van der Waals surface area contributed by atoms with Gasteiger partial charge in [-0.1, -0.05) is 17.7 Å². The van der Waals surface area contributed by atoms with Gasteiger partial charge < -0.3 is 0 Å². The number of non-ortho nitro benzene ring substituents is 1. The SMILES string of the molecule is O=[N+]([O-])c1cccc2nn3ccc(Cl)nc3c12. The summed E-state index contributed by atoms with van der Waals surface area (Å²) < 4.78 is 1.48. The molecule has 0 amide bonds. The smallest absolute Gasteiger partial charge is 0.258 e. The molecule has 0 saturated heterocycles. The van der Waals surface area contributed by atoms with Gasteiger partial charge in [-0.15, -0.1) is 0 Å². The van der Waals surface area contributed by atoms with Crippen LogP contribution in [-0.4, -0.2) is 19.5 Å². The van der Waals surface area contributed by atoms with E-state index in [1.807, 2.05) is 0 Å². The van der Waals surface area contributed by atoms with Crippen molar-refractivity contribution >= 4 is 33.8 Å². The Kier molecular flexibility index (Phi) is 1.99. The molecule has 0 aliphatic heterocycles. The van der Waals surface area contributed by atoms with Crippen molar-refractivity contribution in [1.82, 2.24) is 14.6 Å². The molecule has 7 heteroatoms. The molecule has 0 bridgehead atoms. The molecule has 3 aromatic rings. The van der Waals surface area contributed by atoms with Crippen LogP contribution in [0.2, 0.25) is 5.15 Å². The van der Waals surface area contributed by atoms with Crippen LogP contribution in [0, 0.1) is 10.1 Å². The lowest BCUT2D eigenvalue weighted by molar-refractivity contribution is -0.383. The summed E-state index contributed by atoms with van der Waals surface area (Å²) in [6.07, 6.45) is 1.62. The van der Waals surface area contributed by atoms with E-state index in [0.717, 1.165) is 0 Å². The Morgan fingerprint density at radius 3 is 2.94 bits per heavy atom. The van der Waals surface area contributed by atoms with Crippen LogP contribution in [0.1, 0.15) is 0 Å². The number of aromatic nitrogens is 3. The number of hydrogen-bond acceptors (Lipinski definition) is 4. The summed E-state index contributed by atoms with van der Waals surface area (Å²) >= 11 is 5.79. The third kappa shape index (κ3) is 1.42. The van der Waals surface area contributed by atoms with Crippen molar-refractivity contribution < 1.29 is 4.92 Å². The van der Waals surface area contributed by atoms with Crippen molar-refractivity contribution in [3.63, 3.8) is 0 Å². The largest absolute Gasteiger partial charge is 0.282 e. The van der Waals surface area contributed by atoms with Crippen LogP contribution in [0.15, 0.2) is 30.5 Å². The Morgan fingerprint density at radius 1 is 1.35 bits per heavy atom. The van der Waals surface area contributed by atoms with Crippen LogP contribution in [0.3, 0.4) is 0 Å². The Bertz CT molecular complexity index is 752. The molecule has 0 saturated carbocycles. The Hall–Kier alpha value is -2.21. The summed E-state index contributed by atoms with van der Waals surface area (Å²) in [4.78, 5) is 14.6. The maximum atomic E-state index is 10.9. The molecule has 0 fully saturated rings. The van der Waals surface area contributed by atoms with E-state index in [1.54, 1.807) is 24.4 Å². The fraction of sp³-hybridized carbons (Fsp3) is 0. The first-order valence-corrected chi connectivity index (χ1v) is 5.12. The quantitative estimate of drug-likeness (QED) is 0.377. The highest BCUT2D eigenvalue weighted by molar-refractivity contribution is 6.29. The van der Waals surface area contributed by atoms with Gasteiger partial charge in [0.2, 0.25) is 0 Å². The number of nitrogens with zero attached hydrogens (tertiary/aromatic N) is 4. The van der Waals surface area contributed by atoms with Crippen LogP contribution in [0.4, 0.5) is 5.69 Å². The Morgan fingerprint density at radius 2 is 2.18 bits per heavy atom. The molecule has 0 unspecified atom stereocenters. The Balaban J connectivity index is 2.56. The molecule has 6 nitrogen and oxygen atoms in total. The molecule has 0 N–H and O–H groups in total. The summed E-state index contributed by atoms with van der Waals surface area (Å²) in [5.74, 6) is 0. The van der Waals surface area contributed by atoms with Gasteiger partial charge >= 0.3 is 0 Å². The lowest BCUT2D eigenvalue weighted by Gasteiger charge is -1.94. The van der Waals surface area contributed by atoms with Gasteiger partial charge in [-0.3, -0.25) is 10.1 Å². The first-order valence-electron chi connectivity index (χ1n) is 4.75. The highest BCUT2D eigenvalue weighted by atomic mass is 35.5. The molecule has 17 heavy (non-hydrogen) atoms. The number of nitro groups is 1. The van der Waals surface area contributed by atoms with Crippen molar-refractivity contribution in [1.29, 1.82) is 0 Å². The van der Waals surface area contributed by atoms with E-state index in [-0.39, 0.29) is 10.8 Å². The van der Waals surface area contributed by atoms with Gasteiger partial charge in [-0.25, -0.2) is 9.50 Å². The van der Waals surface area contributed by atoms with E-state index in [1.165, 1.54) is 10.6 Å². The third-order valence-electron chi connectivity index (χ3n) is 2.44. The third-order valence-corrected chi connectivity index (χ3v) is 2.65. The van der Waals surface area contributed by atoms with Crippen LogP contribution >= 0.6 is 11.6 Å². The summed E-state index contributed by atoms with van der Waals surface area (Å²) in [5, 5.41) is 15.8. The minimum atomic E-state index is -0.452. The number of fused-ring (bicyclic) bond motifs is 3. The molecular weight excluding hydrogens is 244 g/mol. The van der Waals surface area contributed by atoms with E-state index in [2.05, 4.69) is 10.1 Å². The van der Waals surface area contributed by atoms with Gasteiger partial charge in [0.1, 0.15) is 16.1 Å². The minimum absolute atomic E-state index is 0.0210. The van der Waals surface area contributed by atoms with Crippen LogP contribution in [0.25, 0.3) is 16.6 Å². The van der Waals surface area contributed by atoms with Crippen molar-refractivity contribution in [2.24, 2.45) is 0 Å². The van der Waals surface area contributed by atoms with Gasteiger partial charge in [0.05, 0.1) is 4.92 Å². The van der Waals surface area contributed by atoms with Gasteiger partial charge in [0.15, 0.2) is 5.65 Å². The second-order valence-electron chi connectivity index (χ2n) is 3.45. The second kappa shape index (κ2) is 3.39. The fourth-order valence-corrected chi connectivity index (χ4v) is 1.89. The van der Waals surface area contributed by atoms with Crippen molar-refractivity contribution in [2.45, 2.75) is 0 Å². The van der Waals surface area contributed by atoms with Gasteiger partial charge in [0, 0.05) is 12.3 Å². The average Bonchev–Trinajstić information content (AvgIpc) is 2.66. The van der Waals surface area contributed by atoms with Crippen molar-refractivity contribution in [2.75, 3.05) is 0 Å². The molecule has 84 valence electrons. The topological polar surface area (TPSA) is 73.3 Å². The number of rotatable bonds is 1. The van der Waals surface area contributed by atoms with E-state index in [4.69, 9.17) is 11.6 Å². The number of nitro benzene ring substituents is 1. The normalized spacial score (nSPS) is 11.1. The van der Waals surface area contributed by atoms with Gasteiger partial charge in [-0.2, -0.15) is 5.10 Å². The van der Waals surface area contributed by atoms with Crippen LogP contribution < -0.4 is 0 Å². The summed E-state index contributed by atoms with van der Waals surface area (Å²) in [6, 6.07) is 6.29. The zero-order valence-electron chi connectivity index (χ0n) is 8.37. The molecule has 3 rings (SSSR count). The summed E-state index contributed by atoms with van der Waals surface area (Å²) in [5.41, 5.74) is 0.890. The molecule has 0 aliphatic carbocycles. The highest BCUT2D eigenvalue weighted by Crippen LogP contribution is 2.28. The van der Waals surface area contributed by atoms with Gasteiger partial charge in [0.25, 0.3) is 5.69 Å². The predicted octanol–water partition coefficient (Wildman–Crippen LogP) is 2.44. The first kappa shape index (κ1) is 9.98. The van der Waals surface area contributed by atoms with E-state index >= 15 is 0 Å². The molecule has 2 aromatic heterocycles. The van der Waals surface area contributed by atoms with Crippen LogP contribution in [0.5, 0.6) is 0 Å². The number of hydrogen-bond donors (Lipinski definition) is 0. The predicted molar refractivity (Wildman–Crippen MR) is 62.2 cm³/mol. The van der Waals surface area contributed by atoms with E-state index in [0.29, 0.717) is 16.6 Å². The number of benzene rings is 1. The number of halogens is 1. The second-order valence-corrected chi connectivity index (χ2v) is 3.83. The summed E-state index contributed by atoms with van der Waals surface area (Å²) in [6.45, 7) is 0. The lowest BCUT2D eigenvalue weighted by atomic mass is 10.2. The molecule has 0 atom stereocenters. The Labute approximate surface area is 99.6 Å². The first-order chi connectivity index (χ1) is 8.16. The molecule has 0 radical (unpaired) electrons. The van der Waals surface area contributed by atoms with Crippen molar-refractivity contribution in [3.8, 4) is 0 Å².